The number of nitrogens with one attached hydrogen (secondary N) is 1. The van der Waals surface area contributed by atoms with E-state index >= 15 is 0 Å². The highest BCUT2D eigenvalue weighted by molar-refractivity contribution is 5.76. The third-order valence-corrected chi connectivity index (χ3v) is 5.04. The van der Waals surface area contributed by atoms with Gasteiger partial charge in [0.1, 0.15) is 18.5 Å². The zero-order chi connectivity index (χ0) is 17.9. The summed E-state index contributed by atoms with van der Waals surface area (Å²) in [4.78, 5) is 22.8. The van der Waals surface area contributed by atoms with Gasteiger partial charge >= 0.3 is 0 Å². The van der Waals surface area contributed by atoms with Gasteiger partial charge in [0.2, 0.25) is 5.91 Å². The van der Waals surface area contributed by atoms with Gasteiger partial charge in [0.05, 0.1) is 12.6 Å². The van der Waals surface area contributed by atoms with Gasteiger partial charge in [-0.05, 0) is 29.7 Å². The van der Waals surface area contributed by atoms with Gasteiger partial charge in [-0.2, -0.15) is 0 Å². The van der Waals surface area contributed by atoms with Gasteiger partial charge in [-0.3, -0.25) is 4.79 Å². The van der Waals surface area contributed by atoms with Gasteiger partial charge in [-0.25, -0.2) is 14.6 Å². The number of hydrogen-bond donors (Lipinski definition) is 2. The third-order valence-electron chi connectivity index (χ3n) is 5.04. The molecule has 2 N–H and O–H groups in total. The number of carbonyl (C=O) groups excluding carboxylic acids is 1. The van der Waals surface area contributed by atoms with Crippen LogP contribution in [0.1, 0.15) is 37.3 Å². The molecule has 1 amide bonds. The Balaban J connectivity index is 1.25. The maximum absolute atomic E-state index is 12.0. The molecule has 10 nitrogen and oxygen atoms in total. The molecule has 2 aromatic rings. The van der Waals surface area contributed by atoms with E-state index in [1.807, 2.05) is 6.07 Å². The fourth-order valence-electron chi connectivity index (χ4n) is 3.48. The smallest absolute Gasteiger partial charge is 0.222 e. The lowest BCUT2D eigenvalue weighted by atomic mass is 9.78. The molecule has 0 spiro atoms. The lowest BCUT2D eigenvalue weighted by Crippen LogP contribution is -2.43. The third kappa shape index (κ3) is 3.79. The lowest BCUT2D eigenvalue weighted by molar-refractivity contribution is -0.122. The van der Waals surface area contributed by atoms with Gasteiger partial charge in [-0.1, -0.05) is 0 Å². The fraction of sp³-hybridized carbons (Fsp3) is 0.625. The predicted octanol–water partition coefficient (Wildman–Crippen LogP) is -0.513. The molecule has 3 heterocycles. The van der Waals surface area contributed by atoms with Crippen LogP contribution in [-0.4, -0.2) is 66.4 Å². The number of aliphatic hydroxyl groups is 1. The summed E-state index contributed by atoms with van der Waals surface area (Å²) >= 11 is 0. The number of aryl methyl sites for hydroxylation is 1. The first kappa shape index (κ1) is 16.8. The molecule has 2 fully saturated rings. The Bertz CT molecular complexity index is 746. The highest BCUT2D eigenvalue weighted by Gasteiger charge is 2.33. The van der Waals surface area contributed by atoms with Crippen molar-refractivity contribution in [1.82, 2.24) is 35.5 Å². The van der Waals surface area contributed by atoms with Crippen LogP contribution in [0.3, 0.4) is 0 Å². The first-order chi connectivity index (χ1) is 12.7. The number of tetrazole rings is 1. The number of carbonyl (C=O) groups is 1. The average molecular weight is 358 g/mol. The summed E-state index contributed by atoms with van der Waals surface area (Å²) in [5, 5.41) is 23.6. The molecular formula is C16H22N8O2. The standard InChI is InChI=1S/C16H22N8O2/c25-13-1-3-23(8-13)15-7-14(17-9-18-15)11-5-12(6-11)20-16(26)2-4-24-10-19-21-22-24/h7,9-13,25H,1-6,8H2,(H,20,26)/t11?,12?,13-/m1/s1. The molecule has 1 aliphatic carbocycles. The van der Waals surface area contributed by atoms with Crippen LogP contribution < -0.4 is 10.2 Å². The monoisotopic (exact) mass is 358 g/mol. The van der Waals surface area contributed by atoms with E-state index in [4.69, 9.17) is 0 Å². The van der Waals surface area contributed by atoms with Crippen LogP contribution in [0.5, 0.6) is 0 Å². The van der Waals surface area contributed by atoms with Crippen molar-refractivity contribution < 1.29 is 9.90 Å². The number of β-amino-alcohol motifs (C(OH)–C–C–N with tert-alkyl or cyclic N) is 1. The van der Waals surface area contributed by atoms with E-state index in [2.05, 4.69) is 35.7 Å². The van der Waals surface area contributed by atoms with Crippen molar-refractivity contribution in [2.45, 2.75) is 50.3 Å². The highest BCUT2D eigenvalue weighted by Crippen LogP contribution is 2.36. The van der Waals surface area contributed by atoms with Crippen molar-refractivity contribution in [2.75, 3.05) is 18.0 Å². The van der Waals surface area contributed by atoms with Crippen LogP contribution in [0, 0.1) is 0 Å². The molecule has 0 radical (unpaired) electrons. The van der Waals surface area contributed by atoms with E-state index in [1.54, 1.807) is 11.0 Å². The number of hydrogen-bond acceptors (Lipinski definition) is 8. The van der Waals surface area contributed by atoms with Crippen LogP contribution in [0.15, 0.2) is 18.7 Å². The Morgan fingerprint density at radius 2 is 2.23 bits per heavy atom. The Morgan fingerprint density at radius 1 is 1.35 bits per heavy atom. The minimum Gasteiger partial charge on any atom is -0.391 e. The Labute approximate surface area is 150 Å². The summed E-state index contributed by atoms with van der Waals surface area (Å²) in [5.74, 6) is 1.23. The van der Waals surface area contributed by atoms with Crippen LogP contribution in [-0.2, 0) is 11.3 Å². The van der Waals surface area contributed by atoms with E-state index in [1.165, 1.54) is 6.33 Å². The second-order valence-corrected chi connectivity index (χ2v) is 6.95. The predicted molar refractivity (Wildman–Crippen MR) is 91.2 cm³/mol. The molecular weight excluding hydrogens is 336 g/mol. The molecule has 2 aromatic heterocycles. The minimum absolute atomic E-state index is 0.0124. The van der Waals surface area contributed by atoms with Gasteiger partial charge < -0.3 is 15.3 Å². The number of amides is 1. The van der Waals surface area contributed by atoms with Gasteiger partial charge in [0, 0.05) is 43.2 Å². The number of nitrogens with zero attached hydrogens (tertiary/aromatic N) is 7. The summed E-state index contributed by atoms with van der Waals surface area (Å²) in [7, 11) is 0. The largest absolute Gasteiger partial charge is 0.391 e. The maximum Gasteiger partial charge on any atom is 0.222 e. The summed E-state index contributed by atoms with van der Waals surface area (Å²) in [6.45, 7) is 1.93. The molecule has 1 saturated heterocycles. The maximum atomic E-state index is 12.0. The first-order valence-corrected chi connectivity index (χ1v) is 8.92. The highest BCUT2D eigenvalue weighted by atomic mass is 16.3. The van der Waals surface area contributed by atoms with Crippen molar-refractivity contribution in [3.8, 4) is 0 Å². The van der Waals surface area contributed by atoms with Crippen molar-refractivity contribution >= 4 is 11.7 Å². The second kappa shape index (κ2) is 7.32. The number of rotatable bonds is 6. The molecule has 0 bridgehead atoms. The van der Waals surface area contributed by atoms with Crippen molar-refractivity contribution in [3.63, 3.8) is 0 Å². The molecule has 1 saturated carbocycles. The average Bonchev–Trinajstić information content (AvgIpc) is 3.27. The molecule has 10 heteroatoms. The lowest BCUT2D eigenvalue weighted by Gasteiger charge is -2.35. The van der Waals surface area contributed by atoms with Crippen LogP contribution >= 0.6 is 0 Å². The molecule has 0 unspecified atom stereocenters. The fourth-order valence-corrected chi connectivity index (χ4v) is 3.48. The number of aromatic nitrogens is 6. The SMILES string of the molecule is O=C(CCn1cnnn1)NC1CC(c2cc(N3CC[C@@H](O)C3)ncn2)C1. The Hall–Kier alpha value is -2.62. The zero-order valence-corrected chi connectivity index (χ0v) is 14.4. The van der Waals surface area contributed by atoms with E-state index in [0.29, 0.717) is 25.4 Å². The molecule has 1 atom stereocenters. The van der Waals surface area contributed by atoms with E-state index in [-0.39, 0.29) is 18.1 Å². The summed E-state index contributed by atoms with van der Waals surface area (Å²) < 4.78 is 1.54. The molecule has 1 aliphatic heterocycles. The molecule has 26 heavy (non-hydrogen) atoms. The number of anilines is 1. The van der Waals surface area contributed by atoms with E-state index in [0.717, 1.165) is 37.3 Å². The topological polar surface area (TPSA) is 122 Å². The second-order valence-electron chi connectivity index (χ2n) is 6.95. The normalized spacial score (nSPS) is 25.1. The van der Waals surface area contributed by atoms with Crippen LogP contribution in [0.2, 0.25) is 0 Å². The van der Waals surface area contributed by atoms with E-state index in [9.17, 15) is 9.90 Å². The van der Waals surface area contributed by atoms with Crippen molar-refractivity contribution in [3.05, 3.63) is 24.4 Å². The van der Waals surface area contributed by atoms with Crippen molar-refractivity contribution in [1.29, 1.82) is 0 Å². The minimum atomic E-state index is -0.273. The first-order valence-electron chi connectivity index (χ1n) is 8.92. The summed E-state index contributed by atoms with van der Waals surface area (Å²) in [6, 6.07) is 2.20. The quantitative estimate of drug-likeness (QED) is 0.708. The van der Waals surface area contributed by atoms with Crippen LogP contribution in [0.25, 0.3) is 0 Å². The van der Waals surface area contributed by atoms with Gasteiger partial charge in [0.15, 0.2) is 0 Å². The number of aliphatic hydroxyl groups excluding tert-OH is 1. The molecule has 4 rings (SSSR count). The summed E-state index contributed by atoms with van der Waals surface area (Å²) in [6.07, 6.45) is 5.73. The molecule has 0 aromatic carbocycles. The zero-order valence-electron chi connectivity index (χ0n) is 14.4. The molecule has 2 aliphatic rings. The van der Waals surface area contributed by atoms with Gasteiger partial charge in [-0.15, -0.1) is 5.10 Å². The summed E-state index contributed by atoms with van der Waals surface area (Å²) in [5.41, 5.74) is 1.01. The van der Waals surface area contributed by atoms with E-state index < -0.39 is 0 Å². The van der Waals surface area contributed by atoms with Crippen molar-refractivity contribution in [2.24, 2.45) is 0 Å². The Morgan fingerprint density at radius 3 is 2.96 bits per heavy atom. The van der Waals surface area contributed by atoms with Crippen LogP contribution in [0.4, 0.5) is 5.82 Å². The molecule has 138 valence electrons. The Kier molecular flexibility index (Phi) is 4.74. The van der Waals surface area contributed by atoms with Gasteiger partial charge in [0.25, 0.3) is 0 Å².